The van der Waals surface area contributed by atoms with Crippen molar-refractivity contribution in [3.05, 3.63) is 110 Å². The van der Waals surface area contributed by atoms with Crippen LogP contribution in [0.25, 0.3) is 0 Å². The summed E-state index contributed by atoms with van der Waals surface area (Å²) in [6.07, 6.45) is 8.97. The zero-order valence-corrected chi connectivity index (χ0v) is 16.1. The van der Waals surface area contributed by atoms with Crippen LogP contribution in [0.15, 0.2) is 99.2 Å². The van der Waals surface area contributed by atoms with Crippen molar-refractivity contribution in [1.29, 1.82) is 0 Å². The van der Waals surface area contributed by atoms with Gasteiger partial charge in [0.05, 0.1) is 12.1 Å². The fourth-order valence-electron chi connectivity index (χ4n) is 3.65. The summed E-state index contributed by atoms with van der Waals surface area (Å²) in [4.78, 5) is 17.0. The fourth-order valence-corrected chi connectivity index (χ4v) is 3.65. The first-order valence-corrected chi connectivity index (χ1v) is 9.41. The van der Waals surface area contributed by atoms with Gasteiger partial charge in [0.1, 0.15) is 0 Å². The van der Waals surface area contributed by atoms with Gasteiger partial charge < -0.3 is 0 Å². The predicted octanol–water partition coefficient (Wildman–Crippen LogP) is 5.70. The van der Waals surface area contributed by atoms with E-state index in [9.17, 15) is 4.79 Å². The Kier molecular flexibility index (Phi) is 5.95. The Hall–Kier alpha value is -3.33. The number of carbonyl (C=O) groups excluding carboxylic acids is 1. The van der Waals surface area contributed by atoms with Crippen molar-refractivity contribution < 1.29 is 4.79 Å². The minimum Gasteiger partial charge on any atom is -0.285 e. The molecule has 1 aliphatic rings. The summed E-state index contributed by atoms with van der Waals surface area (Å²) >= 11 is 0. The van der Waals surface area contributed by atoms with Gasteiger partial charge in [-0.1, -0.05) is 48.6 Å². The van der Waals surface area contributed by atoms with E-state index < -0.39 is 0 Å². The third kappa shape index (κ3) is 3.56. The van der Waals surface area contributed by atoms with E-state index in [4.69, 9.17) is 0 Å². The second-order valence-corrected chi connectivity index (χ2v) is 6.79. The minimum atomic E-state index is -0.192. The van der Waals surface area contributed by atoms with Gasteiger partial charge in [0, 0.05) is 11.4 Å². The van der Waals surface area contributed by atoms with Crippen molar-refractivity contribution in [1.82, 2.24) is 0 Å². The number of hydrogen-bond acceptors (Lipinski definition) is 1. The van der Waals surface area contributed by atoms with Gasteiger partial charge in [-0.2, -0.15) is 0 Å². The number of allylic oxidation sites excluding steroid dienone is 2. The molecule has 1 aliphatic heterocycles. The molecule has 0 bridgehead atoms. The Morgan fingerprint density at radius 3 is 1.32 bits per heavy atom. The third-order valence-electron chi connectivity index (χ3n) is 5.03. The van der Waals surface area contributed by atoms with E-state index in [2.05, 4.69) is 26.3 Å². The average Bonchev–Trinajstić information content (AvgIpc) is 3.01. The zero-order valence-electron chi connectivity index (χ0n) is 16.1. The summed E-state index contributed by atoms with van der Waals surface area (Å²) in [5.41, 5.74) is 4.02. The number of anilines is 2. The lowest BCUT2D eigenvalue weighted by Crippen LogP contribution is -2.34. The lowest BCUT2D eigenvalue weighted by atomic mass is 10.1. The predicted molar refractivity (Wildman–Crippen MR) is 119 cm³/mol. The molecular weight excluding hydrogens is 344 g/mol. The highest BCUT2D eigenvalue weighted by molar-refractivity contribution is 6.08. The first-order chi connectivity index (χ1) is 13.6. The maximum absolute atomic E-state index is 13.4. The highest BCUT2D eigenvalue weighted by atomic mass is 16.2. The van der Waals surface area contributed by atoms with Gasteiger partial charge in [-0.05, 0) is 48.2 Å². The number of rotatable bonds is 8. The summed E-state index contributed by atoms with van der Waals surface area (Å²) < 4.78 is 0. The quantitative estimate of drug-likeness (QED) is 0.547. The van der Waals surface area contributed by atoms with Gasteiger partial charge in [0.2, 0.25) is 0 Å². The molecule has 3 heteroatoms. The van der Waals surface area contributed by atoms with Crippen LogP contribution in [-0.4, -0.2) is 18.1 Å². The molecule has 3 nitrogen and oxygen atoms in total. The number of nitrogens with zero attached hydrogens (tertiary/aromatic N) is 2. The van der Waals surface area contributed by atoms with E-state index in [0.29, 0.717) is 0 Å². The molecule has 0 aliphatic carbocycles. The second-order valence-electron chi connectivity index (χ2n) is 6.79. The summed E-state index contributed by atoms with van der Waals surface area (Å²) in [7, 11) is 0. The van der Waals surface area contributed by atoms with Crippen LogP contribution in [0.3, 0.4) is 0 Å². The monoisotopic (exact) mass is 370 g/mol. The third-order valence-corrected chi connectivity index (χ3v) is 5.03. The van der Waals surface area contributed by atoms with Crippen molar-refractivity contribution in [2.75, 3.05) is 9.80 Å². The van der Waals surface area contributed by atoms with Gasteiger partial charge in [-0.3, -0.25) is 9.80 Å². The highest BCUT2D eigenvalue weighted by Gasteiger charge is 2.44. The molecule has 3 rings (SSSR count). The largest absolute Gasteiger partial charge is 0.330 e. The molecule has 0 spiro atoms. The second kappa shape index (κ2) is 8.57. The van der Waals surface area contributed by atoms with E-state index in [0.717, 1.165) is 35.3 Å². The molecule has 28 heavy (non-hydrogen) atoms. The Morgan fingerprint density at radius 1 is 0.679 bits per heavy atom. The fraction of sp³-hybridized carbons (Fsp3) is 0.160. The lowest BCUT2D eigenvalue weighted by Gasteiger charge is -2.23. The highest BCUT2D eigenvalue weighted by Crippen LogP contribution is 2.34. The molecule has 2 aromatic carbocycles. The lowest BCUT2D eigenvalue weighted by molar-refractivity contribution is 0.255. The molecule has 142 valence electrons. The van der Waals surface area contributed by atoms with Crippen LogP contribution in [0.5, 0.6) is 0 Å². The molecule has 1 heterocycles. The van der Waals surface area contributed by atoms with Gasteiger partial charge >= 0.3 is 6.03 Å². The van der Waals surface area contributed by atoms with Crippen LogP contribution in [0.2, 0.25) is 0 Å². The average molecular weight is 370 g/mol. The summed E-state index contributed by atoms with van der Waals surface area (Å²) in [6, 6.07) is 15.6. The molecule has 0 saturated carbocycles. The Balaban J connectivity index is 1.97. The van der Waals surface area contributed by atoms with Crippen LogP contribution in [0.4, 0.5) is 16.2 Å². The van der Waals surface area contributed by atoms with Gasteiger partial charge in [-0.25, -0.2) is 4.79 Å². The van der Waals surface area contributed by atoms with E-state index in [1.807, 2.05) is 72.8 Å². The zero-order chi connectivity index (χ0) is 20.1. The summed E-state index contributed by atoms with van der Waals surface area (Å²) in [5.74, 6) is 0. The van der Waals surface area contributed by atoms with Gasteiger partial charge in [-0.15, -0.1) is 26.3 Å². The molecule has 1 fully saturated rings. The van der Waals surface area contributed by atoms with Crippen molar-refractivity contribution in [3.8, 4) is 0 Å². The topological polar surface area (TPSA) is 23.6 Å². The molecule has 2 atom stereocenters. The molecule has 2 amide bonds. The van der Waals surface area contributed by atoms with Crippen LogP contribution >= 0.6 is 0 Å². The number of amides is 2. The Labute approximate surface area is 167 Å². The van der Waals surface area contributed by atoms with E-state index in [1.165, 1.54) is 0 Å². The van der Waals surface area contributed by atoms with Crippen molar-refractivity contribution in [3.63, 3.8) is 0 Å². The molecule has 1 saturated heterocycles. The van der Waals surface area contributed by atoms with E-state index >= 15 is 0 Å². The summed E-state index contributed by atoms with van der Waals surface area (Å²) in [6.45, 7) is 15.5. The smallest absolute Gasteiger partial charge is 0.285 e. The molecule has 0 unspecified atom stereocenters. The first-order valence-electron chi connectivity index (χ1n) is 9.41. The van der Waals surface area contributed by atoms with Crippen molar-refractivity contribution in [2.45, 2.75) is 24.9 Å². The Morgan fingerprint density at radius 2 is 1.04 bits per heavy atom. The number of urea groups is 1. The van der Waals surface area contributed by atoms with Crippen molar-refractivity contribution >= 4 is 17.4 Å². The van der Waals surface area contributed by atoms with Crippen LogP contribution in [0.1, 0.15) is 11.1 Å². The minimum absolute atomic E-state index is 0.0808. The molecule has 0 N–H and O–H groups in total. The maximum Gasteiger partial charge on any atom is 0.330 e. The summed E-state index contributed by atoms with van der Waals surface area (Å²) in [5, 5.41) is 0. The molecular formula is C25H26N2O. The number of hydrogen-bond donors (Lipinski definition) is 0. The van der Waals surface area contributed by atoms with Crippen LogP contribution in [0, 0.1) is 0 Å². The number of carbonyl (C=O) groups is 1. The number of benzene rings is 2. The molecule has 0 radical (unpaired) electrons. The van der Waals surface area contributed by atoms with E-state index in [-0.39, 0.29) is 18.1 Å². The van der Waals surface area contributed by atoms with E-state index in [1.54, 1.807) is 9.80 Å². The first kappa shape index (κ1) is 19.4. The Bertz CT molecular complexity index is 806. The molecule has 0 aromatic heterocycles. The standard InChI is InChI=1S/C25H26N2O/c1-5-9-19-11-15-21(16-12-19)26-23(7-3)24(8-4)27(25(26)28)22-17-13-20(10-6-2)14-18-22/h5-8,11-18,23-24H,1-4,9-10H2/t23-,24-/m0/s1. The van der Waals surface area contributed by atoms with Gasteiger partial charge in [0.25, 0.3) is 0 Å². The van der Waals surface area contributed by atoms with Gasteiger partial charge in [0.15, 0.2) is 0 Å². The van der Waals surface area contributed by atoms with Crippen LogP contribution in [-0.2, 0) is 12.8 Å². The normalized spacial score (nSPS) is 18.8. The maximum atomic E-state index is 13.4. The van der Waals surface area contributed by atoms with Crippen LogP contribution < -0.4 is 9.80 Å². The van der Waals surface area contributed by atoms with Crippen molar-refractivity contribution in [2.24, 2.45) is 0 Å². The molecule has 2 aromatic rings. The SMILES string of the molecule is C=CCc1ccc(N2C(=O)N(c3ccc(CC=C)cc3)[C@@H](C=C)[C@@H]2C=C)cc1.